The molecular formula is C13H21N7. The molecule has 20 heavy (non-hydrogen) atoms. The summed E-state index contributed by atoms with van der Waals surface area (Å²) in [6.07, 6.45) is 0. The minimum Gasteiger partial charge on any atom is -0.337 e. The summed E-state index contributed by atoms with van der Waals surface area (Å²) in [6, 6.07) is 0.465. The van der Waals surface area contributed by atoms with Gasteiger partial charge in [0, 0.05) is 38.4 Å². The van der Waals surface area contributed by atoms with Gasteiger partial charge in [-0.05, 0) is 20.8 Å². The highest BCUT2D eigenvalue weighted by molar-refractivity contribution is 5.62. The maximum atomic E-state index is 4.65. The van der Waals surface area contributed by atoms with Crippen LogP contribution in [0.15, 0.2) is 0 Å². The van der Waals surface area contributed by atoms with Crippen molar-refractivity contribution in [2.75, 3.05) is 24.5 Å². The van der Waals surface area contributed by atoms with Crippen molar-refractivity contribution in [3.63, 3.8) is 0 Å². The Balaban J connectivity index is 1.90. The standard InChI is InChI=1S/C13H21N7/c1-8-7-20(6-5-14-8)13-15-12(16-17-13)11-9(2)18-19(4)10(11)3/h8,14H,5-7H2,1-4H3,(H,15,16,17)/t8-/m0/s1. The Labute approximate surface area is 118 Å². The van der Waals surface area contributed by atoms with Crippen LogP contribution in [0.25, 0.3) is 11.4 Å². The lowest BCUT2D eigenvalue weighted by Gasteiger charge is -2.30. The lowest BCUT2D eigenvalue weighted by atomic mass is 10.2. The van der Waals surface area contributed by atoms with Crippen LogP contribution in [0.5, 0.6) is 0 Å². The van der Waals surface area contributed by atoms with Crippen molar-refractivity contribution in [1.82, 2.24) is 30.3 Å². The van der Waals surface area contributed by atoms with Crippen LogP contribution in [0.4, 0.5) is 5.95 Å². The van der Waals surface area contributed by atoms with Crippen molar-refractivity contribution in [2.24, 2.45) is 7.05 Å². The Morgan fingerprint density at radius 3 is 2.75 bits per heavy atom. The molecule has 7 heteroatoms. The van der Waals surface area contributed by atoms with Crippen molar-refractivity contribution in [1.29, 1.82) is 0 Å². The van der Waals surface area contributed by atoms with Crippen LogP contribution in [0.3, 0.4) is 0 Å². The van der Waals surface area contributed by atoms with Crippen molar-refractivity contribution in [2.45, 2.75) is 26.8 Å². The van der Waals surface area contributed by atoms with Gasteiger partial charge in [0.05, 0.1) is 11.3 Å². The van der Waals surface area contributed by atoms with E-state index in [1.54, 1.807) is 0 Å². The van der Waals surface area contributed by atoms with Crippen LogP contribution in [-0.4, -0.2) is 50.6 Å². The first kappa shape index (κ1) is 13.1. The van der Waals surface area contributed by atoms with Gasteiger partial charge in [0.25, 0.3) is 0 Å². The van der Waals surface area contributed by atoms with E-state index < -0.39 is 0 Å². The van der Waals surface area contributed by atoms with Gasteiger partial charge in [-0.15, -0.1) is 5.10 Å². The summed E-state index contributed by atoms with van der Waals surface area (Å²) in [6.45, 7) is 9.06. The van der Waals surface area contributed by atoms with Crippen LogP contribution < -0.4 is 10.2 Å². The van der Waals surface area contributed by atoms with E-state index in [9.17, 15) is 0 Å². The van der Waals surface area contributed by atoms with E-state index in [1.165, 1.54) is 0 Å². The fourth-order valence-corrected chi connectivity index (χ4v) is 2.74. The van der Waals surface area contributed by atoms with Gasteiger partial charge in [0.1, 0.15) is 0 Å². The zero-order chi connectivity index (χ0) is 14.3. The molecule has 3 rings (SSSR count). The predicted molar refractivity (Wildman–Crippen MR) is 77.7 cm³/mol. The van der Waals surface area contributed by atoms with Crippen LogP contribution in [-0.2, 0) is 7.05 Å². The molecule has 2 aromatic heterocycles. The smallest absolute Gasteiger partial charge is 0.245 e. The topological polar surface area (TPSA) is 74.7 Å². The van der Waals surface area contributed by atoms with Gasteiger partial charge >= 0.3 is 0 Å². The van der Waals surface area contributed by atoms with E-state index >= 15 is 0 Å². The SMILES string of the molecule is Cc1nn(C)c(C)c1-c1nc(N2CCN[C@@H](C)C2)n[nH]1. The van der Waals surface area contributed by atoms with E-state index in [-0.39, 0.29) is 0 Å². The maximum Gasteiger partial charge on any atom is 0.245 e. The largest absolute Gasteiger partial charge is 0.337 e. The van der Waals surface area contributed by atoms with Crippen molar-refractivity contribution < 1.29 is 0 Å². The number of nitrogens with zero attached hydrogens (tertiary/aromatic N) is 5. The first-order chi connectivity index (χ1) is 9.56. The highest BCUT2D eigenvalue weighted by Gasteiger charge is 2.21. The normalized spacial score (nSPS) is 19.6. The average Bonchev–Trinajstić information content (AvgIpc) is 2.96. The highest BCUT2D eigenvalue weighted by atomic mass is 15.4. The molecule has 108 valence electrons. The summed E-state index contributed by atoms with van der Waals surface area (Å²) in [5.41, 5.74) is 3.12. The van der Waals surface area contributed by atoms with E-state index in [1.807, 2.05) is 25.6 Å². The molecule has 0 unspecified atom stereocenters. The monoisotopic (exact) mass is 275 g/mol. The molecule has 0 amide bonds. The average molecular weight is 275 g/mol. The number of rotatable bonds is 2. The van der Waals surface area contributed by atoms with E-state index in [0.29, 0.717) is 6.04 Å². The van der Waals surface area contributed by atoms with Gasteiger partial charge in [0.2, 0.25) is 5.95 Å². The minimum atomic E-state index is 0.465. The number of aromatic nitrogens is 5. The van der Waals surface area contributed by atoms with E-state index in [4.69, 9.17) is 0 Å². The Morgan fingerprint density at radius 2 is 2.10 bits per heavy atom. The Hall–Kier alpha value is -1.89. The Bertz CT molecular complexity index is 612. The number of piperazine rings is 1. The molecule has 2 aromatic rings. The summed E-state index contributed by atoms with van der Waals surface area (Å²) >= 11 is 0. The second-order valence-corrected chi connectivity index (χ2v) is 5.45. The molecule has 0 saturated carbocycles. The Morgan fingerprint density at radius 1 is 1.30 bits per heavy atom. The van der Waals surface area contributed by atoms with Gasteiger partial charge in [0.15, 0.2) is 5.82 Å². The molecule has 1 fully saturated rings. The van der Waals surface area contributed by atoms with Gasteiger partial charge < -0.3 is 10.2 Å². The molecule has 0 aliphatic carbocycles. The number of hydrogen-bond donors (Lipinski definition) is 2. The van der Waals surface area contributed by atoms with Crippen molar-refractivity contribution >= 4 is 5.95 Å². The van der Waals surface area contributed by atoms with Crippen molar-refractivity contribution in [3.8, 4) is 11.4 Å². The first-order valence-electron chi connectivity index (χ1n) is 6.97. The number of aromatic amines is 1. The molecule has 0 bridgehead atoms. The number of H-pyrrole nitrogens is 1. The fourth-order valence-electron chi connectivity index (χ4n) is 2.74. The zero-order valence-electron chi connectivity index (χ0n) is 12.4. The molecule has 0 radical (unpaired) electrons. The quantitative estimate of drug-likeness (QED) is 0.840. The maximum absolute atomic E-state index is 4.65. The molecule has 7 nitrogen and oxygen atoms in total. The number of nitrogens with one attached hydrogen (secondary N) is 2. The summed E-state index contributed by atoms with van der Waals surface area (Å²) in [5, 5.41) is 15.3. The second kappa shape index (κ2) is 4.90. The van der Waals surface area contributed by atoms with Crippen LogP contribution >= 0.6 is 0 Å². The lowest BCUT2D eigenvalue weighted by Crippen LogP contribution is -2.49. The summed E-state index contributed by atoms with van der Waals surface area (Å²) in [5.74, 6) is 1.57. The van der Waals surface area contributed by atoms with Crippen LogP contribution in [0, 0.1) is 13.8 Å². The number of hydrogen-bond acceptors (Lipinski definition) is 5. The molecule has 0 spiro atoms. The van der Waals surface area contributed by atoms with Crippen molar-refractivity contribution in [3.05, 3.63) is 11.4 Å². The number of anilines is 1. The van der Waals surface area contributed by atoms with E-state index in [0.717, 1.165) is 48.4 Å². The molecule has 1 saturated heterocycles. The minimum absolute atomic E-state index is 0.465. The predicted octanol–water partition coefficient (Wildman–Crippen LogP) is 0.620. The van der Waals surface area contributed by atoms with Gasteiger partial charge in [-0.2, -0.15) is 10.1 Å². The second-order valence-electron chi connectivity index (χ2n) is 5.45. The summed E-state index contributed by atoms with van der Waals surface area (Å²) in [7, 11) is 1.95. The van der Waals surface area contributed by atoms with Crippen LogP contribution in [0.2, 0.25) is 0 Å². The molecule has 1 aliphatic rings. The molecule has 0 aromatic carbocycles. The third-order valence-corrected chi connectivity index (χ3v) is 3.87. The zero-order valence-corrected chi connectivity index (χ0v) is 12.4. The molecule has 1 atom stereocenters. The molecule has 1 aliphatic heterocycles. The third kappa shape index (κ3) is 2.18. The van der Waals surface area contributed by atoms with E-state index in [2.05, 4.69) is 37.4 Å². The van der Waals surface area contributed by atoms with Gasteiger partial charge in [-0.3, -0.25) is 9.78 Å². The third-order valence-electron chi connectivity index (χ3n) is 3.87. The highest BCUT2D eigenvalue weighted by Crippen LogP contribution is 2.24. The summed E-state index contributed by atoms with van der Waals surface area (Å²) in [4.78, 5) is 6.86. The van der Waals surface area contributed by atoms with Gasteiger partial charge in [-0.25, -0.2) is 0 Å². The van der Waals surface area contributed by atoms with Crippen LogP contribution in [0.1, 0.15) is 18.3 Å². The molecule has 3 heterocycles. The molecular weight excluding hydrogens is 254 g/mol. The fraction of sp³-hybridized carbons (Fsp3) is 0.615. The number of aryl methyl sites for hydroxylation is 2. The molecule has 2 N–H and O–H groups in total. The summed E-state index contributed by atoms with van der Waals surface area (Å²) < 4.78 is 1.87. The van der Waals surface area contributed by atoms with Gasteiger partial charge in [-0.1, -0.05) is 0 Å². The lowest BCUT2D eigenvalue weighted by molar-refractivity contribution is 0.480. The Kier molecular flexibility index (Phi) is 3.21. The first-order valence-corrected chi connectivity index (χ1v) is 6.97.